The smallest absolute Gasteiger partial charge is 0.265 e. The van der Waals surface area contributed by atoms with E-state index in [1.807, 2.05) is 14.1 Å². The molecule has 10 nitrogen and oxygen atoms in total. The van der Waals surface area contributed by atoms with Gasteiger partial charge in [0.05, 0.1) is 23.8 Å². The Morgan fingerprint density at radius 2 is 1.80 bits per heavy atom. The Morgan fingerprint density at radius 3 is 2.49 bits per heavy atom. The summed E-state index contributed by atoms with van der Waals surface area (Å²) in [6.45, 7) is 2.72. The normalized spacial score (nSPS) is 16.7. The van der Waals surface area contributed by atoms with Crippen LogP contribution in [0, 0.1) is 0 Å². The van der Waals surface area contributed by atoms with Crippen molar-refractivity contribution in [1.82, 2.24) is 9.21 Å². The summed E-state index contributed by atoms with van der Waals surface area (Å²) in [4.78, 5) is 29.2. The molecule has 188 valence electrons. The van der Waals surface area contributed by atoms with Crippen molar-refractivity contribution in [1.29, 1.82) is 0 Å². The van der Waals surface area contributed by atoms with Gasteiger partial charge >= 0.3 is 0 Å². The molecule has 0 aromatic heterocycles. The zero-order valence-corrected chi connectivity index (χ0v) is 20.7. The summed E-state index contributed by atoms with van der Waals surface area (Å²) < 4.78 is 37.7. The third-order valence-electron chi connectivity index (χ3n) is 5.87. The highest BCUT2D eigenvalue weighted by Crippen LogP contribution is 2.35. The number of ether oxygens (including phenoxy) is 2. The van der Waals surface area contributed by atoms with E-state index in [4.69, 9.17) is 9.47 Å². The lowest BCUT2D eigenvalue weighted by molar-refractivity contribution is -0.121. The zero-order valence-electron chi connectivity index (χ0n) is 19.9. The van der Waals surface area contributed by atoms with Crippen LogP contribution in [0.5, 0.6) is 5.75 Å². The molecule has 0 radical (unpaired) electrons. The molecule has 1 N–H and O–H groups in total. The second kappa shape index (κ2) is 10.7. The molecule has 0 saturated carbocycles. The number of carbonyl (C=O) groups excluding carboxylic acids is 2. The maximum Gasteiger partial charge on any atom is 0.265 e. The number of sulfonamides is 1. The fourth-order valence-electron chi connectivity index (χ4n) is 3.99. The number of morpholine rings is 1. The third-order valence-corrected chi connectivity index (χ3v) is 7.78. The fraction of sp³-hybridized carbons (Fsp3) is 0.417. The van der Waals surface area contributed by atoms with Crippen LogP contribution in [-0.4, -0.2) is 89.5 Å². The molecule has 0 bridgehead atoms. The van der Waals surface area contributed by atoms with Crippen LogP contribution in [0.15, 0.2) is 47.4 Å². The van der Waals surface area contributed by atoms with Gasteiger partial charge in [0.1, 0.15) is 5.75 Å². The van der Waals surface area contributed by atoms with Crippen LogP contribution in [-0.2, 0) is 19.6 Å². The molecule has 2 heterocycles. The highest BCUT2D eigenvalue weighted by molar-refractivity contribution is 7.89. The van der Waals surface area contributed by atoms with Gasteiger partial charge in [0.2, 0.25) is 10.0 Å². The quantitative estimate of drug-likeness (QED) is 0.585. The van der Waals surface area contributed by atoms with Crippen molar-refractivity contribution < 1.29 is 27.5 Å². The van der Waals surface area contributed by atoms with Crippen molar-refractivity contribution in [2.45, 2.75) is 11.3 Å². The summed E-state index contributed by atoms with van der Waals surface area (Å²) in [5.74, 6) is 0.0735. The lowest BCUT2D eigenvalue weighted by Gasteiger charge is -2.30. The summed E-state index contributed by atoms with van der Waals surface area (Å²) in [5, 5.41) is 2.82. The van der Waals surface area contributed by atoms with E-state index in [0.717, 1.165) is 13.0 Å². The van der Waals surface area contributed by atoms with E-state index >= 15 is 0 Å². The molecule has 2 aromatic carbocycles. The Balaban J connectivity index is 1.46. The Bertz CT molecular complexity index is 1180. The van der Waals surface area contributed by atoms with Gasteiger partial charge in [-0.2, -0.15) is 4.31 Å². The van der Waals surface area contributed by atoms with E-state index in [-0.39, 0.29) is 23.3 Å². The van der Waals surface area contributed by atoms with Gasteiger partial charge in [0.15, 0.2) is 6.61 Å². The van der Waals surface area contributed by atoms with Crippen LogP contribution < -0.4 is 15.0 Å². The van der Waals surface area contributed by atoms with Gasteiger partial charge in [-0.3, -0.25) is 9.59 Å². The molecule has 0 atom stereocenters. The van der Waals surface area contributed by atoms with Gasteiger partial charge in [-0.1, -0.05) is 0 Å². The highest BCUT2D eigenvalue weighted by Gasteiger charge is 2.27. The Hall–Kier alpha value is -2.99. The van der Waals surface area contributed by atoms with E-state index in [1.54, 1.807) is 23.1 Å². The molecule has 2 amide bonds. The lowest BCUT2D eigenvalue weighted by Crippen LogP contribution is -2.40. The van der Waals surface area contributed by atoms with Gasteiger partial charge in [-0.25, -0.2) is 8.42 Å². The molecular weight excluding hydrogens is 472 g/mol. The molecule has 2 aliphatic rings. The Labute approximate surface area is 205 Å². The van der Waals surface area contributed by atoms with Crippen molar-refractivity contribution >= 4 is 33.2 Å². The molecule has 4 rings (SSSR count). The molecule has 2 aromatic rings. The Kier molecular flexibility index (Phi) is 7.70. The van der Waals surface area contributed by atoms with Crippen molar-refractivity contribution in [2.24, 2.45) is 0 Å². The van der Waals surface area contributed by atoms with Gasteiger partial charge in [-0.05, 0) is 69.5 Å². The van der Waals surface area contributed by atoms with E-state index in [9.17, 15) is 18.0 Å². The second-order valence-electron chi connectivity index (χ2n) is 8.67. The first-order chi connectivity index (χ1) is 16.8. The van der Waals surface area contributed by atoms with Gasteiger partial charge in [-0.15, -0.1) is 0 Å². The standard InChI is InChI=1S/C24H30N4O6S/c1-26(2)10-3-11-28-21-16-19(6-9-22(21)34-17-23(28)29)25-24(30)18-4-7-20(8-5-18)35(31,32)27-12-14-33-15-13-27/h4-9,16H,3,10-15,17H2,1-2H3,(H,25,30). The molecule has 0 aliphatic carbocycles. The van der Waals surface area contributed by atoms with Gasteiger partial charge in [0.25, 0.3) is 11.8 Å². The number of hydrogen-bond acceptors (Lipinski definition) is 7. The number of rotatable bonds is 8. The summed E-state index contributed by atoms with van der Waals surface area (Å²) in [5.41, 5.74) is 1.44. The minimum atomic E-state index is -3.63. The van der Waals surface area contributed by atoms with E-state index in [2.05, 4.69) is 10.2 Å². The minimum Gasteiger partial charge on any atom is -0.482 e. The number of anilines is 2. The molecule has 0 spiro atoms. The van der Waals surface area contributed by atoms with Gasteiger partial charge in [0, 0.05) is 30.9 Å². The van der Waals surface area contributed by atoms with E-state index in [0.29, 0.717) is 55.5 Å². The number of fused-ring (bicyclic) bond motifs is 1. The largest absolute Gasteiger partial charge is 0.482 e. The summed E-state index contributed by atoms with van der Waals surface area (Å²) >= 11 is 0. The number of amides is 2. The van der Waals surface area contributed by atoms with Crippen LogP contribution >= 0.6 is 0 Å². The predicted octanol–water partition coefficient (Wildman–Crippen LogP) is 1.64. The molecule has 2 aliphatic heterocycles. The van der Waals surface area contributed by atoms with E-state index in [1.165, 1.54) is 28.6 Å². The van der Waals surface area contributed by atoms with Crippen molar-refractivity contribution in [3.63, 3.8) is 0 Å². The minimum absolute atomic E-state index is 0.0135. The first-order valence-electron chi connectivity index (χ1n) is 11.5. The van der Waals surface area contributed by atoms with Crippen LogP contribution in [0.25, 0.3) is 0 Å². The summed E-state index contributed by atoms with van der Waals surface area (Å²) in [7, 11) is 0.328. The monoisotopic (exact) mass is 502 g/mol. The van der Waals surface area contributed by atoms with E-state index < -0.39 is 10.0 Å². The maximum atomic E-state index is 12.8. The number of carbonyl (C=O) groups is 2. The average molecular weight is 503 g/mol. The molecule has 1 fully saturated rings. The predicted molar refractivity (Wildman–Crippen MR) is 131 cm³/mol. The Morgan fingerprint density at radius 1 is 1.09 bits per heavy atom. The van der Waals surface area contributed by atoms with Crippen molar-refractivity contribution in [3.8, 4) is 5.75 Å². The number of nitrogens with zero attached hydrogens (tertiary/aromatic N) is 3. The molecular formula is C24H30N4O6S. The van der Waals surface area contributed by atoms with Crippen molar-refractivity contribution in [2.75, 3.05) is 70.3 Å². The molecule has 35 heavy (non-hydrogen) atoms. The maximum absolute atomic E-state index is 12.8. The third kappa shape index (κ3) is 5.81. The van der Waals surface area contributed by atoms with Crippen LogP contribution in [0.3, 0.4) is 0 Å². The van der Waals surface area contributed by atoms with Gasteiger partial charge < -0.3 is 24.6 Å². The van der Waals surface area contributed by atoms with Crippen LogP contribution in [0.2, 0.25) is 0 Å². The first-order valence-corrected chi connectivity index (χ1v) is 12.9. The highest BCUT2D eigenvalue weighted by atomic mass is 32.2. The zero-order chi connectivity index (χ0) is 25.0. The summed E-state index contributed by atoms with van der Waals surface area (Å²) in [6.07, 6.45) is 0.800. The fourth-order valence-corrected chi connectivity index (χ4v) is 5.40. The topological polar surface area (TPSA) is 108 Å². The number of nitrogens with one attached hydrogen (secondary N) is 1. The lowest BCUT2D eigenvalue weighted by atomic mass is 10.1. The average Bonchev–Trinajstić information content (AvgIpc) is 2.86. The number of benzene rings is 2. The molecule has 11 heteroatoms. The van der Waals surface area contributed by atoms with Crippen molar-refractivity contribution in [3.05, 3.63) is 48.0 Å². The SMILES string of the molecule is CN(C)CCCN1C(=O)COc2ccc(NC(=O)c3ccc(S(=O)(=O)N4CCOCC4)cc3)cc21. The first kappa shape index (κ1) is 25.1. The molecule has 1 saturated heterocycles. The van der Waals surface area contributed by atoms with Crippen LogP contribution in [0.4, 0.5) is 11.4 Å². The molecule has 0 unspecified atom stereocenters. The van der Waals surface area contributed by atoms with Crippen LogP contribution in [0.1, 0.15) is 16.8 Å². The number of hydrogen-bond donors (Lipinski definition) is 1. The summed E-state index contributed by atoms with van der Waals surface area (Å²) in [6, 6.07) is 11.0. The second-order valence-corrected chi connectivity index (χ2v) is 10.6.